The maximum atomic E-state index is 12.5. The molecule has 0 spiro atoms. The zero-order valence-corrected chi connectivity index (χ0v) is 22.0. The first-order chi connectivity index (χ1) is 16.9. The molecule has 1 N–H and O–H groups in total. The summed E-state index contributed by atoms with van der Waals surface area (Å²) in [4.78, 5) is 48.2. The third-order valence-corrected chi connectivity index (χ3v) is 5.71. The van der Waals surface area contributed by atoms with Crippen LogP contribution in [0.3, 0.4) is 0 Å². The molecule has 0 unspecified atom stereocenters. The van der Waals surface area contributed by atoms with Gasteiger partial charge in [0.15, 0.2) is 5.75 Å². The Morgan fingerprint density at radius 2 is 1.83 bits per heavy atom. The number of halogens is 1. The van der Waals surface area contributed by atoms with Crippen LogP contribution >= 0.6 is 11.6 Å². The van der Waals surface area contributed by atoms with Gasteiger partial charge in [-0.3, -0.25) is 9.78 Å². The number of rotatable bonds is 5. The fraction of sp³-hybridized carbons (Fsp3) is 0.480. The molecule has 2 aromatic rings. The van der Waals surface area contributed by atoms with Crippen molar-refractivity contribution < 1.29 is 23.9 Å². The second-order valence-corrected chi connectivity index (χ2v) is 10.2. The van der Waals surface area contributed by atoms with E-state index in [4.69, 9.17) is 21.1 Å². The van der Waals surface area contributed by atoms with Gasteiger partial charge in [-0.2, -0.15) is 0 Å². The van der Waals surface area contributed by atoms with Crippen molar-refractivity contribution in [1.29, 1.82) is 0 Å². The highest BCUT2D eigenvalue weighted by atomic mass is 35.5. The lowest BCUT2D eigenvalue weighted by molar-refractivity contribution is -0.115. The van der Waals surface area contributed by atoms with Crippen LogP contribution in [0.2, 0.25) is 5.02 Å². The average molecular weight is 518 g/mol. The Balaban J connectivity index is 1.52. The molecule has 1 saturated heterocycles. The summed E-state index contributed by atoms with van der Waals surface area (Å²) in [7, 11) is 3.10. The molecule has 1 aliphatic heterocycles. The Morgan fingerprint density at radius 1 is 1.14 bits per heavy atom. The number of carbonyl (C=O) groups is 3. The second kappa shape index (κ2) is 11.6. The van der Waals surface area contributed by atoms with Gasteiger partial charge in [0.1, 0.15) is 16.4 Å². The number of carbonyl (C=O) groups excluding carboxylic acids is 3. The van der Waals surface area contributed by atoms with Gasteiger partial charge in [-0.1, -0.05) is 17.7 Å². The fourth-order valence-electron chi connectivity index (χ4n) is 3.59. The van der Waals surface area contributed by atoms with Gasteiger partial charge in [0.25, 0.3) is 0 Å². The summed E-state index contributed by atoms with van der Waals surface area (Å²) in [6.45, 7) is 6.80. The number of anilines is 1. The molecule has 11 heteroatoms. The largest absolute Gasteiger partial charge is 0.444 e. The zero-order valence-electron chi connectivity index (χ0n) is 21.2. The minimum Gasteiger partial charge on any atom is -0.444 e. The smallest absolute Gasteiger partial charge is 0.414 e. The highest BCUT2D eigenvalue weighted by Crippen LogP contribution is 2.28. The SMILES string of the molecule is CN(C)C(=O)Oc1cc(NC(=O)Cc2ccc(C3CCN(C(=O)OC(C)(C)C)CC3)nc2)ncc1Cl. The first-order valence-corrected chi connectivity index (χ1v) is 12.1. The standard InChI is InChI=1S/C25H32ClN5O5/c1-25(2,3)36-24(34)31-10-8-17(9-11-31)19-7-6-16(14-27-19)12-22(32)29-21-13-20(18(26)15-28-21)35-23(33)30(4)5/h6-7,13-15,17H,8-12H2,1-5H3,(H,28,29,32). The number of nitrogens with one attached hydrogen (secondary N) is 1. The molecular formula is C25H32ClN5O5. The number of ether oxygens (including phenoxy) is 2. The summed E-state index contributed by atoms with van der Waals surface area (Å²) >= 11 is 6.03. The van der Waals surface area contributed by atoms with E-state index >= 15 is 0 Å². The van der Waals surface area contributed by atoms with Crippen LogP contribution in [0.4, 0.5) is 15.4 Å². The molecule has 0 atom stereocenters. The first-order valence-electron chi connectivity index (χ1n) is 11.7. The molecule has 36 heavy (non-hydrogen) atoms. The number of piperidine rings is 1. The molecular weight excluding hydrogens is 486 g/mol. The third kappa shape index (κ3) is 7.81. The van der Waals surface area contributed by atoms with Crippen LogP contribution in [0.5, 0.6) is 5.75 Å². The second-order valence-electron chi connectivity index (χ2n) is 9.82. The van der Waals surface area contributed by atoms with Crippen LogP contribution in [-0.2, 0) is 16.0 Å². The number of likely N-dealkylation sites (tertiary alicyclic amines) is 1. The van der Waals surface area contributed by atoms with Gasteiger partial charge in [0.05, 0.1) is 12.6 Å². The van der Waals surface area contributed by atoms with Gasteiger partial charge in [0.2, 0.25) is 5.91 Å². The van der Waals surface area contributed by atoms with Crippen molar-refractivity contribution in [3.8, 4) is 5.75 Å². The van der Waals surface area contributed by atoms with E-state index in [1.807, 2.05) is 32.9 Å². The number of hydrogen-bond donors (Lipinski definition) is 1. The molecule has 0 aromatic carbocycles. The molecule has 2 aromatic heterocycles. The van der Waals surface area contributed by atoms with Gasteiger partial charge < -0.3 is 24.6 Å². The van der Waals surface area contributed by atoms with E-state index in [0.717, 1.165) is 24.1 Å². The summed E-state index contributed by atoms with van der Waals surface area (Å²) < 4.78 is 10.6. The number of pyridine rings is 2. The van der Waals surface area contributed by atoms with E-state index in [1.165, 1.54) is 17.2 Å². The Bertz CT molecular complexity index is 1090. The molecule has 0 bridgehead atoms. The third-order valence-electron chi connectivity index (χ3n) is 5.43. The monoisotopic (exact) mass is 517 g/mol. The van der Waals surface area contributed by atoms with Crippen LogP contribution in [0.1, 0.15) is 50.8 Å². The molecule has 1 aliphatic rings. The van der Waals surface area contributed by atoms with Crippen LogP contribution in [0.15, 0.2) is 30.6 Å². The number of nitrogens with zero attached hydrogens (tertiary/aromatic N) is 4. The van der Waals surface area contributed by atoms with Gasteiger partial charge in [0, 0.05) is 51.1 Å². The van der Waals surface area contributed by atoms with E-state index in [9.17, 15) is 14.4 Å². The molecule has 0 radical (unpaired) electrons. The van der Waals surface area contributed by atoms with Crippen molar-refractivity contribution in [2.75, 3.05) is 32.5 Å². The minimum absolute atomic E-state index is 0.0987. The Morgan fingerprint density at radius 3 is 2.42 bits per heavy atom. The number of aromatic nitrogens is 2. The molecule has 194 valence electrons. The number of amides is 3. The lowest BCUT2D eigenvalue weighted by Crippen LogP contribution is -2.41. The summed E-state index contributed by atoms with van der Waals surface area (Å²) in [5, 5.41) is 2.83. The van der Waals surface area contributed by atoms with Crippen molar-refractivity contribution in [3.63, 3.8) is 0 Å². The van der Waals surface area contributed by atoms with Gasteiger partial charge >= 0.3 is 12.2 Å². The summed E-state index contributed by atoms with van der Waals surface area (Å²) in [6, 6.07) is 5.20. The fourth-order valence-corrected chi connectivity index (χ4v) is 3.73. The zero-order chi connectivity index (χ0) is 26.5. The Labute approximate surface area is 215 Å². The average Bonchev–Trinajstić information content (AvgIpc) is 2.80. The number of hydrogen-bond acceptors (Lipinski definition) is 7. The highest BCUT2D eigenvalue weighted by molar-refractivity contribution is 6.32. The molecule has 0 aliphatic carbocycles. The Hall–Kier alpha value is -3.40. The van der Waals surface area contributed by atoms with Crippen LogP contribution in [-0.4, -0.2) is 70.6 Å². The highest BCUT2D eigenvalue weighted by Gasteiger charge is 2.28. The normalized spacial score (nSPS) is 14.2. The molecule has 1 fully saturated rings. The van der Waals surface area contributed by atoms with Crippen molar-refractivity contribution >= 4 is 35.5 Å². The van der Waals surface area contributed by atoms with Crippen LogP contribution in [0, 0.1) is 0 Å². The lowest BCUT2D eigenvalue weighted by Gasteiger charge is -2.33. The van der Waals surface area contributed by atoms with E-state index in [1.54, 1.807) is 25.2 Å². The van der Waals surface area contributed by atoms with Crippen molar-refractivity contribution in [2.24, 2.45) is 0 Å². The quantitative estimate of drug-likeness (QED) is 0.621. The molecule has 3 rings (SSSR count). The van der Waals surface area contributed by atoms with Gasteiger partial charge in [-0.25, -0.2) is 14.6 Å². The summed E-state index contributed by atoms with van der Waals surface area (Å²) in [6.07, 6.45) is 3.82. The Kier molecular flexibility index (Phi) is 8.73. The predicted molar refractivity (Wildman–Crippen MR) is 135 cm³/mol. The summed E-state index contributed by atoms with van der Waals surface area (Å²) in [5.74, 6) is 0.264. The topological polar surface area (TPSA) is 114 Å². The van der Waals surface area contributed by atoms with Crippen LogP contribution < -0.4 is 10.1 Å². The molecule has 0 saturated carbocycles. The van der Waals surface area contributed by atoms with Gasteiger partial charge in [-0.15, -0.1) is 0 Å². The molecule has 3 heterocycles. The van der Waals surface area contributed by atoms with E-state index in [2.05, 4.69) is 15.3 Å². The van der Waals surface area contributed by atoms with Crippen molar-refractivity contribution in [2.45, 2.75) is 51.6 Å². The summed E-state index contributed by atoms with van der Waals surface area (Å²) in [5.41, 5.74) is 1.17. The van der Waals surface area contributed by atoms with Crippen molar-refractivity contribution in [1.82, 2.24) is 19.8 Å². The van der Waals surface area contributed by atoms with E-state index < -0.39 is 11.7 Å². The molecule has 3 amide bonds. The maximum Gasteiger partial charge on any atom is 0.414 e. The first kappa shape index (κ1) is 27.2. The molecule has 10 nitrogen and oxygen atoms in total. The van der Waals surface area contributed by atoms with E-state index in [0.29, 0.717) is 13.1 Å². The minimum atomic E-state index is -0.595. The maximum absolute atomic E-state index is 12.5. The van der Waals surface area contributed by atoms with E-state index in [-0.39, 0.29) is 40.9 Å². The van der Waals surface area contributed by atoms with Crippen LogP contribution in [0.25, 0.3) is 0 Å². The predicted octanol–water partition coefficient (Wildman–Crippen LogP) is 4.49. The lowest BCUT2D eigenvalue weighted by atomic mass is 9.93. The van der Waals surface area contributed by atoms with Gasteiger partial charge in [-0.05, 0) is 45.2 Å². The van der Waals surface area contributed by atoms with Crippen molar-refractivity contribution in [3.05, 3.63) is 46.9 Å².